The summed E-state index contributed by atoms with van der Waals surface area (Å²) < 4.78 is 0. The van der Waals surface area contributed by atoms with E-state index in [1.807, 2.05) is 12.2 Å². The lowest BCUT2D eigenvalue weighted by atomic mass is 10.2. The highest BCUT2D eigenvalue weighted by Gasteiger charge is 1.77. The van der Waals surface area contributed by atoms with E-state index in [0.29, 0.717) is 0 Å². The summed E-state index contributed by atoms with van der Waals surface area (Å²) in [7, 11) is 0. The Morgan fingerprint density at radius 1 is 1.20 bits per heavy atom. The van der Waals surface area contributed by atoms with E-state index >= 15 is 0 Å². The Bertz CT molecular complexity index is 118. The largest absolute Gasteiger partial charge is 0.0991 e. The highest BCUT2D eigenvalue weighted by molar-refractivity contribution is 4.97. The molecular formula is C10H16. The fourth-order valence-electron chi connectivity index (χ4n) is 0.713. The van der Waals surface area contributed by atoms with E-state index < -0.39 is 0 Å². The average Bonchev–Trinajstić information content (AvgIpc) is 1.97. The molecule has 0 spiro atoms. The van der Waals surface area contributed by atoms with Crippen molar-refractivity contribution in [3.05, 3.63) is 37.0 Å². The summed E-state index contributed by atoms with van der Waals surface area (Å²) >= 11 is 0. The van der Waals surface area contributed by atoms with Crippen LogP contribution in [0.5, 0.6) is 0 Å². The summed E-state index contributed by atoms with van der Waals surface area (Å²) in [5.41, 5.74) is 0. The summed E-state index contributed by atoms with van der Waals surface area (Å²) in [5.74, 6) is 0. The maximum absolute atomic E-state index is 3.59. The van der Waals surface area contributed by atoms with Crippen LogP contribution in [0.2, 0.25) is 0 Å². The van der Waals surface area contributed by atoms with E-state index in [4.69, 9.17) is 0 Å². The Balaban J connectivity index is 3.04. The Kier molecular flexibility index (Phi) is 7.58. The molecule has 56 valence electrons. The minimum atomic E-state index is 1.16. The van der Waals surface area contributed by atoms with Crippen molar-refractivity contribution in [3.8, 4) is 0 Å². The molecule has 0 N–H and O–H groups in total. The van der Waals surface area contributed by atoms with Gasteiger partial charge in [0.25, 0.3) is 0 Å². The summed E-state index contributed by atoms with van der Waals surface area (Å²) in [6.45, 7) is 5.65. The Morgan fingerprint density at radius 2 is 1.90 bits per heavy atom. The van der Waals surface area contributed by atoms with Gasteiger partial charge in [-0.2, -0.15) is 0 Å². The van der Waals surface area contributed by atoms with Crippen LogP contribution in [0.25, 0.3) is 0 Å². The predicted octanol–water partition coefficient (Wildman–Crippen LogP) is 3.48. The quantitative estimate of drug-likeness (QED) is 0.308. The summed E-state index contributed by atoms with van der Waals surface area (Å²) in [6, 6.07) is 0. The highest BCUT2D eigenvalue weighted by Crippen LogP contribution is 1.97. The maximum atomic E-state index is 3.59. The van der Waals surface area contributed by atoms with Gasteiger partial charge in [0.15, 0.2) is 0 Å². The third-order valence-electron chi connectivity index (χ3n) is 1.25. The molecule has 0 saturated carbocycles. The molecule has 0 aliphatic heterocycles. The van der Waals surface area contributed by atoms with Crippen molar-refractivity contribution in [1.29, 1.82) is 0 Å². The third-order valence-corrected chi connectivity index (χ3v) is 1.25. The van der Waals surface area contributed by atoms with Gasteiger partial charge in [0.1, 0.15) is 0 Å². The van der Waals surface area contributed by atoms with Gasteiger partial charge < -0.3 is 0 Å². The molecule has 0 radical (unpaired) electrons. The van der Waals surface area contributed by atoms with Crippen LogP contribution in [-0.4, -0.2) is 0 Å². The molecule has 0 aliphatic rings. The van der Waals surface area contributed by atoms with Crippen LogP contribution in [0.4, 0.5) is 0 Å². The molecule has 0 heterocycles. The van der Waals surface area contributed by atoms with Crippen molar-refractivity contribution in [3.63, 3.8) is 0 Å². The van der Waals surface area contributed by atoms with Crippen LogP contribution in [0.1, 0.15) is 26.2 Å². The normalized spacial score (nSPS) is 11.3. The Hall–Kier alpha value is -0.780. The van der Waals surface area contributed by atoms with Crippen molar-refractivity contribution in [2.24, 2.45) is 0 Å². The zero-order valence-corrected chi connectivity index (χ0v) is 6.72. The molecule has 0 saturated heterocycles. The third kappa shape index (κ3) is 7.22. The van der Waals surface area contributed by atoms with Gasteiger partial charge >= 0.3 is 0 Å². The molecule has 0 unspecified atom stereocenters. The lowest BCUT2D eigenvalue weighted by molar-refractivity contribution is 0.867. The molecule has 0 aromatic rings. The van der Waals surface area contributed by atoms with Gasteiger partial charge in [-0.05, 0) is 26.2 Å². The summed E-state index contributed by atoms with van der Waals surface area (Å²) in [6.07, 6.45) is 13.9. The van der Waals surface area contributed by atoms with E-state index in [1.54, 1.807) is 0 Å². The van der Waals surface area contributed by atoms with Crippen LogP contribution in [0, 0.1) is 0 Å². The lowest BCUT2D eigenvalue weighted by Gasteiger charge is -1.87. The van der Waals surface area contributed by atoms with Gasteiger partial charge in [0, 0.05) is 0 Å². The predicted molar refractivity (Wildman–Crippen MR) is 48.0 cm³/mol. The van der Waals surface area contributed by atoms with Crippen LogP contribution >= 0.6 is 0 Å². The molecular weight excluding hydrogens is 120 g/mol. The van der Waals surface area contributed by atoms with Crippen molar-refractivity contribution in [2.45, 2.75) is 26.2 Å². The molecule has 0 amide bonds. The number of hydrogen-bond donors (Lipinski definition) is 0. The van der Waals surface area contributed by atoms with Crippen molar-refractivity contribution in [1.82, 2.24) is 0 Å². The Labute approximate surface area is 64.0 Å². The molecule has 0 atom stereocenters. The zero-order chi connectivity index (χ0) is 7.66. The second-order valence-electron chi connectivity index (χ2n) is 2.16. The lowest BCUT2D eigenvalue weighted by Crippen LogP contribution is -1.67. The fraction of sp³-hybridized carbons (Fsp3) is 0.400. The van der Waals surface area contributed by atoms with Crippen LogP contribution < -0.4 is 0 Å². The molecule has 0 heteroatoms. The minimum absolute atomic E-state index is 1.16. The molecule has 10 heavy (non-hydrogen) atoms. The number of unbranched alkanes of at least 4 members (excludes halogenated alkanes) is 2. The SMILES string of the molecule is C=C/C=C/CCC/C=C/C. The molecule has 0 aliphatic carbocycles. The van der Waals surface area contributed by atoms with E-state index in [2.05, 4.69) is 31.7 Å². The molecule has 0 aromatic heterocycles. The van der Waals surface area contributed by atoms with Crippen molar-refractivity contribution < 1.29 is 0 Å². The van der Waals surface area contributed by atoms with E-state index in [0.717, 1.165) is 6.42 Å². The van der Waals surface area contributed by atoms with Crippen molar-refractivity contribution >= 4 is 0 Å². The average molecular weight is 136 g/mol. The topological polar surface area (TPSA) is 0 Å². The first kappa shape index (κ1) is 9.22. The summed E-state index contributed by atoms with van der Waals surface area (Å²) in [5, 5.41) is 0. The monoisotopic (exact) mass is 136 g/mol. The second kappa shape index (κ2) is 8.22. The number of hydrogen-bond acceptors (Lipinski definition) is 0. The standard InChI is InChI=1S/C10H16/c1-3-5-7-9-10-8-6-4-2/h3-7H,1,8-10H2,2H3/b6-4+,7-5+. The first-order valence-corrected chi connectivity index (χ1v) is 3.80. The van der Waals surface area contributed by atoms with Crippen LogP contribution in [0.3, 0.4) is 0 Å². The van der Waals surface area contributed by atoms with Gasteiger partial charge in [0.05, 0.1) is 0 Å². The maximum Gasteiger partial charge on any atom is -0.0345 e. The fourth-order valence-corrected chi connectivity index (χ4v) is 0.713. The van der Waals surface area contributed by atoms with E-state index in [9.17, 15) is 0 Å². The number of rotatable bonds is 5. The van der Waals surface area contributed by atoms with E-state index in [1.165, 1.54) is 12.8 Å². The molecule has 0 rings (SSSR count). The molecule has 0 nitrogen and oxygen atoms in total. The molecule has 0 aromatic carbocycles. The van der Waals surface area contributed by atoms with Gasteiger partial charge in [-0.15, -0.1) is 0 Å². The number of allylic oxidation sites excluding steroid dienone is 5. The zero-order valence-electron chi connectivity index (χ0n) is 6.72. The Morgan fingerprint density at radius 3 is 2.50 bits per heavy atom. The second-order valence-corrected chi connectivity index (χ2v) is 2.16. The van der Waals surface area contributed by atoms with Crippen LogP contribution in [-0.2, 0) is 0 Å². The first-order chi connectivity index (χ1) is 4.91. The van der Waals surface area contributed by atoms with Gasteiger partial charge in [0.2, 0.25) is 0 Å². The highest BCUT2D eigenvalue weighted by atomic mass is 13.8. The van der Waals surface area contributed by atoms with Gasteiger partial charge in [-0.25, -0.2) is 0 Å². The first-order valence-electron chi connectivity index (χ1n) is 3.80. The van der Waals surface area contributed by atoms with Crippen LogP contribution in [0.15, 0.2) is 37.0 Å². The molecule has 0 fully saturated rings. The minimum Gasteiger partial charge on any atom is -0.0991 e. The van der Waals surface area contributed by atoms with Crippen molar-refractivity contribution in [2.75, 3.05) is 0 Å². The molecule has 0 bridgehead atoms. The summed E-state index contributed by atoms with van der Waals surface area (Å²) in [4.78, 5) is 0. The van der Waals surface area contributed by atoms with Gasteiger partial charge in [-0.3, -0.25) is 0 Å². The van der Waals surface area contributed by atoms with E-state index in [-0.39, 0.29) is 0 Å². The smallest absolute Gasteiger partial charge is 0.0345 e. The van der Waals surface area contributed by atoms with Gasteiger partial charge in [-0.1, -0.05) is 37.0 Å².